The Morgan fingerprint density at radius 1 is 1.09 bits per heavy atom. The van der Waals surface area contributed by atoms with Gasteiger partial charge in [0.2, 0.25) is 0 Å². The molecule has 10 nitrogen and oxygen atoms in total. The van der Waals surface area contributed by atoms with E-state index >= 15 is 0 Å². The van der Waals surface area contributed by atoms with E-state index in [0.717, 1.165) is 0 Å². The van der Waals surface area contributed by atoms with Crippen LogP contribution in [0.15, 0.2) is 67.3 Å². The molecule has 1 saturated carbocycles. The largest absolute Gasteiger partial charge is 0.493 e. The molecule has 3 aromatic rings. The maximum Gasteiger partial charge on any atom is 0.162 e. The molecule has 1 aliphatic carbocycles. The predicted molar refractivity (Wildman–Crippen MR) is 166 cm³/mol. The number of carbonyl (C=O) groups excluding carboxylic acids is 1. The molecule has 0 radical (unpaired) electrons. The number of anilines is 2. The number of ketones is 1. The number of rotatable bonds is 11. The minimum atomic E-state index is -1.29. The van der Waals surface area contributed by atoms with E-state index in [1.54, 1.807) is 68.4 Å². The zero-order chi connectivity index (χ0) is 31.1. The summed E-state index contributed by atoms with van der Waals surface area (Å²) in [6.07, 6.45) is 4.12. The Balaban J connectivity index is 1.58. The summed E-state index contributed by atoms with van der Waals surface area (Å²) in [5.74, 6) is 7.71. The van der Waals surface area contributed by atoms with E-state index in [4.69, 9.17) is 25.5 Å². The van der Waals surface area contributed by atoms with Crippen molar-refractivity contribution in [2.45, 2.75) is 51.2 Å². The first-order chi connectivity index (χ1) is 20.6. The SMILES string of the molecule is C=CC(=O)C1CCC(Oc2cc(C(=N)Nc3ccc(Oc4cccc(C#N)c4)cc3C(C)(C)O)c(NN)cc2OC)CC1. The van der Waals surface area contributed by atoms with Crippen molar-refractivity contribution < 1.29 is 24.1 Å². The van der Waals surface area contributed by atoms with Gasteiger partial charge < -0.3 is 30.1 Å². The van der Waals surface area contributed by atoms with Crippen LogP contribution in [0, 0.1) is 22.7 Å². The second-order valence-corrected chi connectivity index (χ2v) is 10.9. The Labute approximate surface area is 251 Å². The van der Waals surface area contributed by atoms with E-state index < -0.39 is 5.60 Å². The number of nitrogens with two attached hydrogens (primary N) is 1. The molecule has 0 unspecified atom stereocenters. The number of hydrogen-bond acceptors (Lipinski definition) is 9. The van der Waals surface area contributed by atoms with Gasteiger partial charge >= 0.3 is 0 Å². The number of benzene rings is 3. The molecule has 0 saturated heterocycles. The molecule has 1 aliphatic rings. The van der Waals surface area contributed by atoms with Gasteiger partial charge in [-0.15, -0.1) is 0 Å². The summed E-state index contributed by atoms with van der Waals surface area (Å²) in [7, 11) is 1.53. The second kappa shape index (κ2) is 13.4. The molecule has 4 rings (SSSR count). The third-order valence-electron chi connectivity index (χ3n) is 7.41. The van der Waals surface area contributed by atoms with Crippen LogP contribution in [0.1, 0.15) is 56.2 Å². The van der Waals surface area contributed by atoms with Crippen molar-refractivity contribution in [3.05, 3.63) is 83.9 Å². The lowest BCUT2D eigenvalue weighted by Crippen LogP contribution is -2.27. The molecular formula is C33H37N5O5. The van der Waals surface area contributed by atoms with E-state index in [9.17, 15) is 15.2 Å². The third kappa shape index (κ3) is 7.52. The average Bonchev–Trinajstić information content (AvgIpc) is 3.01. The fourth-order valence-corrected chi connectivity index (χ4v) is 5.12. The van der Waals surface area contributed by atoms with Crippen molar-refractivity contribution in [2.24, 2.45) is 11.8 Å². The van der Waals surface area contributed by atoms with Crippen LogP contribution in [0.25, 0.3) is 0 Å². The number of nitrogen functional groups attached to an aromatic ring is 1. The predicted octanol–water partition coefficient (Wildman–Crippen LogP) is 6.00. The zero-order valence-corrected chi connectivity index (χ0v) is 24.6. The van der Waals surface area contributed by atoms with Crippen molar-refractivity contribution in [1.82, 2.24) is 0 Å². The van der Waals surface area contributed by atoms with Crippen molar-refractivity contribution >= 4 is 23.0 Å². The zero-order valence-electron chi connectivity index (χ0n) is 24.6. The first-order valence-electron chi connectivity index (χ1n) is 14.0. The number of nitriles is 1. The smallest absolute Gasteiger partial charge is 0.162 e. The number of nitrogens with one attached hydrogen (secondary N) is 3. The summed E-state index contributed by atoms with van der Waals surface area (Å²) < 4.78 is 17.8. The highest BCUT2D eigenvalue weighted by atomic mass is 16.5. The molecule has 0 heterocycles. The van der Waals surface area contributed by atoms with Gasteiger partial charge in [-0.3, -0.25) is 16.0 Å². The third-order valence-corrected chi connectivity index (χ3v) is 7.41. The summed E-state index contributed by atoms with van der Waals surface area (Å²) in [4.78, 5) is 12.0. The molecule has 0 amide bonds. The molecule has 0 bridgehead atoms. The van der Waals surface area contributed by atoms with Crippen LogP contribution in [0.5, 0.6) is 23.0 Å². The molecule has 6 N–H and O–H groups in total. The Kier molecular flexibility index (Phi) is 9.70. The molecule has 10 heteroatoms. The van der Waals surface area contributed by atoms with E-state index in [1.807, 2.05) is 0 Å². The number of nitrogens with zero attached hydrogens (tertiary/aromatic N) is 1. The molecule has 0 aliphatic heterocycles. The maximum absolute atomic E-state index is 12.0. The Bertz CT molecular complexity index is 1550. The fourth-order valence-electron chi connectivity index (χ4n) is 5.12. The van der Waals surface area contributed by atoms with E-state index in [1.165, 1.54) is 13.2 Å². The van der Waals surface area contributed by atoms with E-state index in [0.29, 0.717) is 76.7 Å². The summed E-state index contributed by atoms with van der Waals surface area (Å²) in [5.41, 5.74) is 3.64. The van der Waals surface area contributed by atoms with Gasteiger partial charge in [0.15, 0.2) is 17.3 Å². The number of amidine groups is 1. The van der Waals surface area contributed by atoms with Gasteiger partial charge in [0, 0.05) is 28.8 Å². The summed E-state index contributed by atoms with van der Waals surface area (Å²) in [5, 5.41) is 32.2. The molecule has 0 spiro atoms. The van der Waals surface area contributed by atoms with Gasteiger partial charge in [0.1, 0.15) is 17.3 Å². The highest BCUT2D eigenvalue weighted by molar-refractivity contribution is 6.10. The van der Waals surface area contributed by atoms with Crippen LogP contribution >= 0.6 is 0 Å². The van der Waals surface area contributed by atoms with Gasteiger partial charge in [0.25, 0.3) is 0 Å². The number of aliphatic hydroxyl groups is 1. The van der Waals surface area contributed by atoms with Crippen LogP contribution in [-0.2, 0) is 10.4 Å². The van der Waals surface area contributed by atoms with Crippen LogP contribution in [0.3, 0.4) is 0 Å². The van der Waals surface area contributed by atoms with Crippen LogP contribution < -0.4 is 30.8 Å². The molecule has 3 aromatic carbocycles. The number of methoxy groups -OCH3 is 1. The van der Waals surface area contributed by atoms with Gasteiger partial charge in [-0.05, 0) is 88.1 Å². The topological polar surface area (TPSA) is 163 Å². The Morgan fingerprint density at radius 3 is 2.44 bits per heavy atom. The van der Waals surface area contributed by atoms with Gasteiger partial charge in [-0.2, -0.15) is 5.26 Å². The van der Waals surface area contributed by atoms with Gasteiger partial charge in [-0.1, -0.05) is 12.6 Å². The normalized spacial score (nSPS) is 16.4. The lowest BCUT2D eigenvalue weighted by molar-refractivity contribution is -0.119. The molecule has 224 valence electrons. The lowest BCUT2D eigenvalue weighted by atomic mass is 9.84. The molecular weight excluding hydrogens is 546 g/mol. The number of hydrogen-bond donors (Lipinski definition) is 5. The quantitative estimate of drug-likeness (QED) is 0.0599. The Hall–Kier alpha value is -4.85. The van der Waals surface area contributed by atoms with Crippen molar-refractivity contribution in [2.75, 3.05) is 17.9 Å². The highest BCUT2D eigenvalue weighted by Gasteiger charge is 2.28. The number of carbonyl (C=O) groups is 1. The van der Waals surface area contributed by atoms with Crippen LogP contribution in [0.4, 0.5) is 11.4 Å². The standard InChI is InChI=1S/C33H37N5O5/c1-5-29(39)21-9-11-22(12-10-21)43-31-17-25(28(38-36)18-30(31)41-4)32(35)37-27-14-13-24(16-26(27)33(2,3)40)42-23-8-6-7-20(15-23)19-34/h5-8,13-18,21-22,38,40H,1,9-12,36H2,2-4H3,(H2,35,37). The monoisotopic (exact) mass is 583 g/mol. The molecule has 0 atom stereocenters. The summed E-state index contributed by atoms with van der Waals surface area (Å²) in [6, 6.07) is 17.3. The number of ether oxygens (including phenoxy) is 3. The molecule has 1 fully saturated rings. The van der Waals surface area contributed by atoms with Gasteiger partial charge in [0.05, 0.1) is 36.1 Å². The van der Waals surface area contributed by atoms with Crippen LogP contribution in [0.2, 0.25) is 0 Å². The van der Waals surface area contributed by atoms with E-state index in [2.05, 4.69) is 23.4 Å². The Morgan fingerprint density at radius 2 is 1.81 bits per heavy atom. The molecule has 0 aromatic heterocycles. The van der Waals surface area contributed by atoms with Gasteiger partial charge in [-0.25, -0.2) is 0 Å². The van der Waals surface area contributed by atoms with E-state index in [-0.39, 0.29) is 23.6 Å². The minimum absolute atomic E-state index is 0.00151. The van der Waals surface area contributed by atoms with Crippen LogP contribution in [-0.4, -0.2) is 29.9 Å². The summed E-state index contributed by atoms with van der Waals surface area (Å²) in [6.45, 7) is 6.87. The van der Waals surface area contributed by atoms with Crippen molar-refractivity contribution in [3.8, 4) is 29.1 Å². The minimum Gasteiger partial charge on any atom is -0.493 e. The first-order valence-corrected chi connectivity index (χ1v) is 14.0. The second-order valence-electron chi connectivity index (χ2n) is 10.9. The molecule has 43 heavy (non-hydrogen) atoms. The summed E-state index contributed by atoms with van der Waals surface area (Å²) >= 11 is 0. The first kappa shape index (κ1) is 31.1. The maximum atomic E-state index is 12.0. The van der Waals surface area contributed by atoms with Crippen molar-refractivity contribution in [3.63, 3.8) is 0 Å². The lowest BCUT2D eigenvalue weighted by Gasteiger charge is -2.28. The highest BCUT2D eigenvalue weighted by Crippen LogP contribution is 2.38. The average molecular weight is 584 g/mol. The number of allylic oxidation sites excluding steroid dienone is 1. The fraction of sp³-hybridized carbons (Fsp3) is 0.303. The van der Waals surface area contributed by atoms with Crippen molar-refractivity contribution in [1.29, 1.82) is 10.7 Å². The number of hydrazine groups is 1.